The quantitative estimate of drug-likeness (QED) is 0.765. The number of hydrogen-bond acceptors (Lipinski definition) is 1. The molecule has 0 saturated heterocycles. The Balaban J connectivity index is 1.96. The minimum atomic E-state index is 0.0693. The number of hydrogen-bond donors (Lipinski definition) is 2. The fraction of sp³-hybridized carbons (Fsp3) is 0.316. The molecule has 23 heavy (non-hydrogen) atoms. The maximum Gasteiger partial charge on any atom is 0.279 e. The number of aryl methyl sites for hydroxylation is 1. The van der Waals surface area contributed by atoms with E-state index in [1.807, 2.05) is 43.3 Å². The van der Waals surface area contributed by atoms with Crippen molar-refractivity contribution >= 4 is 27.5 Å². The second-order valence-corrected chi connectivity index (χ2v) is 6.76. The summed E-state index contributed by atoms with van der Waals surface area (Å²) < 4.78 is 1.08. The summed E-state index contributed by atoms with van der Waals surface area (Å²) >= 11 is 3.46. The highest BCUT2D eigenvalue weighted by molar-refractivity contribution is 9.10. The van der Waals surface area contributed by atoms with Crippen LogP contribution in [0.25, 0.3) is 0 Å². The summed E-state index contributed by atoms with van der Waals surface area (Å²) in [6.07, 6.45) is 1.06. The zero-order valence-electron chi connectivity index (χ0n) is 13.7. The molecule has 1 atom stereocenters. The standard InChI is InChI=1S/C19H23BrN2O/c1-3-12-22(13-16-8-10-17(20)11-9-16)14-19(23)21-18-7-5-4-6-15(18)2/h4-11H,3,12-14H2,1-2H3,(H,21,23)/p+1. The number of nitrogens with one attached hydrogen (secondary N) is 2. The number of quaternary nitrogens is 1. The first-order valence-electron chi connectivity index (χ1n) is 8.02. The van der Waals surface area contributed by atoms with Gasteiger partial charge in [0.25, 0.3) is 5.91 Å². The maximum atomic E-state index is 12.4. The van der Waals surface area contributed by atoms with Gasteiger partial charge < -0.3 is 10.2 Å². The van der Waals surface area contributed by atoms with Gasteiger partial charge in [-0.2, -0.15) is 0 Å². The largest absolute Gasteiger partial charge is 0.323 e. The van der Waals surface area contributed by atoms with Gasteiger partial charge in [-0.05, 0) is 37.1 Å². The molecule has 0 aliphatic rings. The van der Waals surface area contributed by atoms with Crippen molar-refractivity contribution in [3.8, 4) is 0 Å². The van der Waals surface area contributed by atoms with Crippen molar-refractivity contribution in [3.05, 3.63) is 64.1 Å². The number of carbonyl (C=O) groups excluding carboxylic acids is 1. The van der Waals surface area contributed by atoms with Crippen LogP contribution in [0, 0.1) is 6.92 Å². The van der Waals surface area contributed by atoms with Crippen molar-refractivity contribution in [2.45, 2.75) is 26.8 Å². The monoisotopic (exact) mass is 375 g/mol. The van der Waals surface area contributed by atoms with Crippen LogP contribution in [0.1, 0.15) is 24.5 Å². The molecule has 1 amide bonds. The molecule has 1 unspecified atom stereocenters. The van der Waals surface area contributed by atoms with Crippen molar-refractivity contribution in [3.63, 3.8) is 0 Å². The minimum absolute atomic E-state index is 0.0693. The van der Waals surface area contributed by atoms with E-state index in [-0.39, 0.29) is 5.91 Å². The zero-order valence-corrected chi connectivity index (χ0v) is 15.3. The summed E-state index contributed by atoms with van der Waals surface area (Å²) in [5.41, 5.74) is 3.24. The summed E-state index contributed by atoms with van der Waals surface area (Å²) in [4.78, 5) is 13.6. The first-order chi connectivity index (χ1) is 11.1. The number of benzene rings is 2. The summed E-state index contributed by atoms with van der Waals surface area (Å²) in [6, 6.07) is 16.2. The highest BCUT2D eigenvalue weighted by atomic mass is 79.9. The number of carbonyl (C=O) groups is 1. The Morgan fingerprint density at radius 2 is 1.83 bits per heavy atom. The number of para-hydroxylation sites is 1. The lowest BCUT2D eigenvalue weighted by Crippen LogP contribution is -3.11. The SMILES string of the molecule is CCC[NH+](CC(=O)Nc1ccccc1C)Cc1ccc(Br)cc1. The molecule has 0 fully saturated rings. The van der Waals surface area contributed by atoms with Crippen LogP contribution in [0.15, 0.2) is 53.0 Å². The molecule has 122 valence electrons. The number of amides is 1. The summed E-state index contributed by atoms with van der Waals surface area (Å²) in [6.45, 7) is 6.49. The van der Waals surface area contributed by atoms with E-state index in [0.29, 0.717) is 6.54 Å². The summed E-state index contributed by atoms with van der Waals surface area (Å²) in [7, 11) is 0. The lowest BCUT2D eigenvalue weighted by Gasteiger charge is -2.19. The van der Waals surface area contributed by atoms with E-state index in [4.69, 9.17) is 0 Å². The molecule has 4 heteroatoms. The first kappa shape index (κ1) is 17.7. The van der Waals surface area contributed by atoms with Crippen LogP contribution in [0.5, 0.6) is 0 Å². The third-order valence-corrected chi connectivity index (χ3v) is 4.33. The van der Waals surface area contributed by atoms with Crippen molar-refractivity contribution in [1.82, 2.24) is 0 Å². The average molecular weight is 376 g/mol. The van der Waals surface area contributed by atoms with Gasteiger partial charge in [-0.25, -0.2) is 0 Å². The maximum absolute atomic E-state index is 12.4. The van der Waals surface area contributed by atoms with E-state index in [1.54, 1.807) is 0 Å². The van der Waals surface area contributed by atoms with Crippen molar-refractivity contribution < 1.29 is 9.69 Å². The second-order valence-electron chi connectivity index (χ2n) is 5.84. The predicted molar refractivity (Wildman–Crippen MR) is 98.6 cm³/mol. The average Bonchev–Trinajstić information content (AvgIpc) is 2.52. The van der Waals surface area contributed by atoms with Gasteiger partial charge >= 0.3 is 0 Å². The van der Waals surface area contributed by atoms with Gasteiger partial charge in [0.15, 0.2) is 6.54 Å². The molecule has 0 aromatic heterocycles. The first-order valence-corrected chi connectivity index (χ1v) is 8.81. The molecule has 2 rings (SSSR count). The van der Waals surface area contributed by atoms with Gasteiger partial charge in [0, 0.05) is 15.7 Å². The van der Waals surface area contributed by atoms with Gasteiger partial charge in [0.2, 0.25) is 0 Å². The molecule has 0 saturated carbocycles. The minimum Gasteiger partial charge on any atom is -0.323 e. The number of halogens is 1. The van der Waals surface area contributed by atoms with E-state index in [0.717, 1.165) is 35.2 Å². The van der Waals surface area contributed by atoms with Crippen molar-refractivity contribution in [2.24, 2.45) is 0 Å². The Morgan fingerprint density at radius 3 is 2.48 bits per heavy atom. The van der Waals surface area contributed by atoms with E-state index < -0.39 is 0 Å². The van der Waals surface area contributed by atoms with Crippen LogP contribution in [0.2, 0.25) is 0 Å². The molecule has 2 aromatic carbocycles. The van der Waals surface area contributed by atoms with Crippen LogP contribution < -0.4 is 10.2 Å². The third kappa shape index (κ3) is 5.81. The van der Waals surface area contributed by atoms with Gasteiger partial charge in [-0.1, -0.05) is 53.2 Å². The number of rotatable bonds is 7. The van der Waals surface area contributed by atoms with Gasteiger partial charge in [0.1, 0.15) is 6.54 Å². The molecule has 0 aliphatic heterocycles. The van der Waals surface area contributed by atoms with Crippen molar-refractivity contribution in [1.29, 1.82) is 0 Å². The van der Waals surface area contributed by atoms with Gasteiger partial charge in [-0.3, -0.25) is 4.79 Å². The van der Waals surface area contributed by atoms with Gasteiger partial charge in [-0.15, -0.1) is 0 Å². The summed E-state index contributed by atoms with van der Waals surface area (Å²) in [5, 5.41) is 3.03. The Kier molecular flexibility index (Phi) is 6.81. The van der Waals surface area contributed by atoms with Crippen LogP contribution in [-0.4, -0.2) is 19.0 Å². The zero-order chi connectivity index (χ0) is 16.7. The van der Waals surface area contributed by atoms with E-state index in [1.165, 1.54) is 10.5 Å². The lowest BCUT2D eigenvalue weighted by molar-refractivity contribution is -0.905. The fourth-order valence-electron chi connectivity index (χ4n) is 2.62. The molecular weight excluding hydrogens is 352 g/mol. The molecule has 3 nitrogen and oxygen atoms in total. The molecule has 0 bridgehead atoms. The Labute approximate surface area is 146 Å². The van der Waals surface area contributed by atoms with E-state index >= 15 is 0 Å². The van der Waals surface area contributed by atoms with Crippen LogP contribution >= 0.6 is 15.9 Å². The van der Waals surface area contributed by atoms with E-state index in [9.17, 15) is 4.79 Å². The summed E-state index contributed by atoms with van der Waals surface area (Å²) in [5.74, 6) is 0.0693. The Morgan fingerprint density at radius 1 is 1.13 bits per heavy atom. The Bertz CT molecular complexity index is 640. The molecule has 2 N–H and O–H groups in total. The Hall–Kier alpha value is -1.65. The smallest absolute Gasteiger partial charge is 0.279 e. The molecule has 0 aliphatic carbocycles. The molecule has 0 heterocycles. The van der Waals surface area contributed by atoms with Crippen LogP contribution in [0.3, 0.4) is 0 Å². The molecule has 0 radical (unpaired) electrons. The molecular formula is C19H24BrN2O+. The third-order valence-electron chi connectivity index (χ3n) is 3.80. The highest BCUT2D eigenvalue weighted by Crippen LogP contribution is 2.12. The normalized spacial score (nSPS) is 12.0. The van der Waals surface area contributed by atoms with Crippen LogP contribution in [0.4, 0.5) is 5.69 Å². The van der Waals surface area contributed by atoms with E-state index in [2.05, 4.69) is 40.3 Å². The lowest BCUT2D eigenvalue weighted by atomic mass is 10.2. The predicted octanol–water partition coefficient (Wildman–Crippen LogP) is 3.19. The van der Waals surface area contributed by atoms with Gasteiger partial charge in [0.05, 0.1) is 6.54 Å². The highest BCUT2D eigenvalue weighted by Gasteiger charge is 2.15. The topological polar surface area (TPSA) is 33.5 Å². The van der Waals surface area contributed by atoms with Crippen molar-refractivity contribution in [2.75, 3.05) is 18.4 Å². The fourth-order valence-corrected chi connectivity index (χ4v) is 2.88. The number of anilines is 1. The second kappa shape index (κ2) is 8.85. The molecule has 2 aromatic rings. The van der Waals surface area contributed by atoms with Crippen LogP contribution in [-0.2, 0) is 11.3 Å². The molecule has 0 spiro atoms.